The van der Waals surface area contributed by atoms with Crippen molar-refractivity contribution in [3.05, 3.63) is 78.9 Å². The molecule has 0 aromatic heterocycles. The van der Waals surface area contributed by atoms with Gasteiger partial charge in [0.2, 0.25) is 0 Å². The van der Waals surface area contributed by atoms with Crippen LogP contribution in [0, 0.1) is 0 Å². The van der Waals surface area contributed by atoms with Gasteiger partial charge in [0.1, 0.15) is 5.75 Å². The molecule has 0 fully saturated rings. The summed E-state index contributed by atoms with van der Waals surface area (Å²) < 4.78 is 63.9. The molecule has 7 heteroatoms. The first kappa shape index (κ1) is 18.3. The van der Waals surface area contributed by atoms with Gasteiger partial charge in [0.25, 0.3) is 0 Å². The van der Waals surface area contributed by atoms with E-state index in [0.717, 1.165) is 32.7 Å². The Morgan fingerprint density at radius 1 is 0.714 bits per heavy atom. The quantitative estimate of drug-likeness (QED) is 0.244. The molecule has 0 N–H and O–H groups in total. The van der Waals surface area contributed by atoms with Gasteiger partial charge in [-0.05, 0) is 50.9 Å². The molecule has 0 aliphatic rings. The van der Waals surface area contributed by atoms with Gasteiger partial charge in [-0.15, -0.1) is 0 Å². The van der Waals surface area contributed by atoms with E-state index in [2.05, 4.69) is 4.18 Å². The van der Waals surface area contributed by atoms with Gasteiger partial charge in [-0.25, -0.2) is 0 Å². The van der Waals surface area contributed by atoms with Crippen molar-refractivity contribution in [2.24, 2.45) is 0 Å². The third kappa shape index (κ3) is 3.18. The Balaban J connectivity index is 1.80. The second kappa shape index (κ2) is 6.53. The topological polar surface area (TPSA) is 43.4 Å². The number of alkyl halides is 3. The Hall–Kier alpha value is -3.06. The summed E-state index contributed by atoms with van der Waals surface area (Å²) >= 11 is 0. The van der Waals surface area contributed by atoms with Crippen LogP contribution in [-0.2, 0) is 10.1 Å². The Labute approximate surface area is 159 Å². The molecule has 142 valence electrons. The Morgan fingerprint density at radius 2 is 1.29 bits per heavy atom. The summed E-state index contributed by atoms with van der Waals surface area (Å²) in [5.41, 5.74) is -3.85. The minimum Gasteiger partial charge on any atom is -0.376 e. The van der Waals surface area contributed by atoms with Crippen LogP contribution >= 0.6 is 0 Å². The second-order valence-corrected chi connectivity index (χ2v) is 7.74. The predicted octanol–water partition coefficient (Wildman–Crippen LogP) is 5.89. The van der Waals surface area contributed by atoms with E-state index in [1.165, 1.54) is 24.3 Å². The highest BCUT2D eigenvalue weighted by molar-refractivity contribution is 7.88. The van der Waals surface area contributed by atoms with Gasteiger partial charge >= 0.3 is 15.6 Å². The van der Waals surface area contributed by atoms with Crippen LogP contribution in [0.1, 0.15) is 0 Å². The maximum atomic E-state index is 12.5. The fraction of sp³-hybridized carbons (Fsp3) is 0.0476. The lowest BCUT2D eigenvalue weighted by Gasteiger charge is -2.12. The van der Waals surface area contributed by atoms with E-state index in [0.29, 0.717) is 0 Å². The van der Waals surface area contributed by atoms with Crippen LogP contribution in [0.2, 0.25) is 0 Å². The molecular formula is C21H13F3O3S. The Morgan fingerprint density at radius 3 is 1.93 bits per heavy atom. The van der Waals surface area contributed by atoms with E-state index in [4.69, 9.17) is 0 Å². The van der Waals surface area contributed by atoms with Crippen molar-refractivity contribution in [1.29, 1.82) is 0 Å². The average molecular weight is 402 g/mol. The summed E-state index contributed by atoms with van der Waals surface area (Å²) in [5.74, 6) is -0.397. The van der Waals surface area contributed by atoms with E-state index in [-0.39, 0.29) is 0 Å². The minimum absolute atomic E-state index is 0.397. The van der Waals surface area contributed by atoms with Crippen LogP contribution in [0.5, 0.6) is 5.75 Å². The van der Waals surface area contributed by atoms with Crippen molar-refractivity contribution in [3.8, 4) is 16.9 Å². The van der Waals surface area contributed by atoms with Crippen molar-refractivity contribution in [1.82, 2.24) is 0 Å². The van der Waals surface area contributed by atoms with E-state index in [9.17, 15) is 21.6 Å². The molecule has 4 aromatic rings. The number of hydrogen-bond acceptors (Lipinski definition) is 3. The van der Waals surface area contributed by atoms with Gasteiger partial charge in [-0.2, -0.15) is 21.6 Å². The minimum atomic E-state index is -5.69. The summed E-state index contributed by atoms with van der Waals surface area (Å²) in [6.45, 7) is 0. The van der Waals surface area contributed by atoms with E-state index in [1.807, 2.05) is 54.6 Å². The maximum Gasteiger partial charge on any atom is 0.534 e. The molecule has 28 heavy (non-hydrogen) atoms. The van der Waals surface area contributed by atoms with Gasteiger partial charge in [0.15, 0.2) is 0 Å². The molecular weight excluding hydrogens is 389 g/mol. The van der Waals surface area contributed by atoms with Gasteiger partial charge in [-0.1, -0.05) is 60.7 Å². The standard InChI is InChI=1S/C21H13F3O3S/c22-21(23,24)28(25,26)27-16-11-9-14(10-12-16)20-13-15-5-1-2-6-17(15)18-7-3-4-8-19(18)20/h1-13H. The van der Waals surface area contributed by atoms with E-state index < -0.39 is 21.4 Å². The van der Waals surface area contributed by atoms with Gasteiger partial charge < -0.3 is 4.18 Å². The smallest absolute Gasteiger partial charge is 0.376 e. The lowest BCUT2D eigenvalue weighted by atomic mass is 9.93. The molecule has 3 nitrogen and oxygen atoms in total. The van der Waals surface area contributed by atoms with Crippen LogP contribution in [0.4, 0.5) is 13.2 Å². The van der Waals surface area contributed by atoms with E-state index in [1.54, 1.807) is 0 Å². The van der Waals surface area contributed by atoms with Crippen molar-refractivity contribution >= 4 is 31.7 Å². The first-order valence-electron chi connectivity index (χ1n) is 8.28. The fourth-order valence-electron chi connectivity index (χ4n) is 3.16. The van der Waals surface area contributed by atoms with E-state index >= 15 is 0 Å². The number of rotatable bonds is 3. The highest BCUT2D eigenvalue weighted by Crippen LogP contribution is 2.36. The van der Waals surface area contributed by atoms with Gasteiger partial charge in [0, 0.05) is 0 Å². The van der Waals surface area contributed by atoms with Crippen LogP contribution in [0.25, 0.3) is 32.7 Å². The lowest BCUT2D eigenvalue weighted by molar-refractivity contribution is -0.0500. The molecule has 0 spiro atoms. The largest absolute Gasteiger partial charge is 0.534 e. The van der Waals surface area contributed by atoms with Crippen molar-refractivity contribution in [2.45, 2.75) is 5.51 Å². The Kier molecular flexibility index (Phi) is 4.27. The number of hydrogen-bond donors (Lipinski definition) is 0. The molecule has 4 rings (SSSR count). The maximum absolute atomic E-state index is 12.5. The van der Waals surface area contributed by atoms with Crippen LogP contribution in [-0.4, -0.2) is 13.9 Å². The molecule has 0 atom stereocenters. The summed E-state index contributed by atoms with van der Waals surface area (Å²) in [7, 11) is -5.69. The molecule has 0 unspecified atom stereocenters. The zero-order valence-electron chi connectivity index (χ0n) is 14.3. The van der Waals surface area contributed by atoms with Gasteiger partial charge in [0.05, 0.1) is 0 Å². The van der Waals surface area contributed by atoms with Crippen LogP contribution < -0.4 is 4.18 Å². The molecule has 0 aliphatic carbocycles. The highest BCUT2D eigenvalue weighted by Gasteiger charge is 2.48. The van der Waals surface area contributed by atoms with Gasteiger partial charge in [-0.3, -0.25) is 0 Å². The predicted molar refractivity (Wildman–Crippen MR) is 102 cm³/mol. The third-order valence-electron chi connectivity index (χ3n) is 4.42. The first-order chi connectivity index (χ1) is 13.3. The molecule has 0 radical (unpaired) electrons. The first-order valence-corrected chi connectivity index (χ1v) is 9.69. The summed E-state index contributed by atoms with van der Waals surface area (Å²) in [5, 5.41) is 4.16. The molecule has 0 aliphatic heterocycles. The number of halogens is 3. The molecule has 0 heterocycles. The summed E-state index contributed by atoms with van der Waals surface area (Å²) in [6, 6.07) is 23.2. The molecule has 0 amide bonds. The third-order valence-corrected chi connectivity index (χ3v) is 5.40. The second-order valence-electron chi connectivity index (χ2n) is 6.20. The van der Waals surface area contributed by atoms with Crippen LogP contribution in [0.3, 0.4) is 0 Å². The molecule has 0 bridgehead atoms. The molecule has 0 saturated heterocycles. The number of benzene rings is 4. The number of fused-ring (bicyclic) bond motifs is 3. The zero-order chi connectivity index (χ0) is 19.9. The Bertz CT molecular complexity index is 1280. The average Bonchev–Trinajstić information content (AvgIpc) is 2.67. The highest BCUT2D eigenvalue weighted by atomic mass is 32.2. The van der Waals surface area contributed by atoms with Crippen LogP contribution in [0.15, 0.2) is 78.9 Å². The SMILES string of the molecule is O=S(=O)(Oc1ccc(-c2cc3ccccc3c3ccccc23)cc1)C(F)(F)F. The summed E-state index contributed by atoms with van der Waals surface area (Å²) in [6.07, 6.45) is 0. The monoisotopic (exact) mass is 402 g/mol. The van der Waals surface area contributed by atoms with Crippen molar-refractivity contribution in [3.63, 3.8) is 0 Å². The molecule has 4 aromatic carbocycles. The lowest BCUT2D eigenvalue weighted by Crippen LogP contribution is -2.28. The fourth-order valence-corrected chi connectivity index (χ4v) is 3.62. The normalized spacial score (nSPS) is 12.4. The summed E-state index contributed by atoms with van der Waals surface area (Å²) in [4.78, 5) is 0. The molecule has 0 saturated carbocycles. The van der Waals surface area contributed by atoms with Crippen molar-refractivity contribution < 1.29 is 25.8 Å². The zero-order valence-corrected chi connectivity index (χ0v) is 15.1. The van der Waals surface area contributed by atoms with Crippen molar-refractivity contribution in [2.75, 3.05) is 0 Å².